The molecule has 2 N–H and O–H groups in total. The van der Waals surface area contributed by atoms with Crippen LogP contribution in [0.5, 0.6) is 5.75 Å². The number of halogens is 2. The van der Waals surface area contributed by atoms with Crippen LogP contribution in [0.1, 0.15) is 30.1 Å². The van der Waals surface area contributed by atoms with Gasteiger partial charge in [0.2, 0.25) is 0 Å². The van der Waals surface area contributed by atoms with Crippen LogP contribution in [0, 0.1) is 5.92 Å². The van der Waals surface area contributed by atoms with E-state index in [9.17, 15) is 9.90 Å². The number of alkyl halides is 1. The molecule has 1 aromatic carbocycles. The lowest BCUT2D eigenvalue weighted by Crippen LogP contribution is -2.24. The van der Waals surface area contributed by atoms with Crippen molar-refractivity contribution in [1.29, 1.82) is 0 Å². The number of carbonyl (C=O) groups excluding carboxylic acids is 1. The Bertz CT molecular complexity index is 412. The molecule has 3 nitrogen and oxygen atoms in total. The van der Waals surface area contributed by atoms with E-state index in [-0.39, 0.29) is 11.7 Å². The molecule has 1 atom stereocenters. The number of rotatable bonds is 6. The van der Waals surface area contributed by atoms with Crippen LogP contribution >= 0.6 is 27.5 Å². The Morgan fingerprint density at radius 3 is 2.89 bits per heavy atom. The first-order valence-corrected chi connectivity index (χ1v) is 7.20. The molecule has 0 aliphatic carbocycles. The predicted octanol–water partition coefficient (Wildman–Crippen LogP) is 3.54. The lowest BCUT2D eigenvalue weighted by atomic mass is 10.1. The SMILES string of the molecule is CC(CCl)CCCNC(=O)c1ccc(Br)cc1O. The van der Waals surface area contributed by atoms with E-state index >= 15 is 0 Å². The van der Waals surface area contributed by atoms with E-state index in [1.165, 1.54) is 6.07 Å². The molecule has 5 heteroatoms. The van der Waals surface area contributed by atoms with Crippen LogP contribution in [0.25, 0.3) is 0 Å². The van der Waals surface area contributed by atoms with Gasteiger partial charge in [0.05, 0.1) is 5.56 Å². The van der Waals surface area contributed by atoms with Gasteiger partial charge in [-0.1, -0.05) is 22.9 Å². The minimum absolute atomic E-state index is 0.0176. The highest BCUT2D eigenvalue weighted by atomic mass is 79.9. The second kappa shape index (κ2) is 7.64. The number of benzene rings is 1. The first-order chi connectivity index (χ1) is 8.54. The summed E-state index contributed by atoms with van der Waals surface area (Å²) < 4.78 is 0.743. The third kappa shape index (κ3) is 4.86. The maximum Gasteiger partial charge on any atom is 0.255 e. The zero-order valence-electron chi connectivity index (χ0n) is 10.2. The van der Waals surface area contributed by atoms with Crippen molar-refractivity contribution in [3.63, 3.8) is 0 Å². The fourth-order valence-corrected chi connectivity index (χ4v) is 2.02. The number of aromatic hydroxyl groups is 1. The Balaban J connectivity index is 2.41. The van der Waals surface area contributed by atoms with Gasteiger partial charge >= 0.3 is 0 Å². The minimum atomic E-state index is -0.251. The maximum atomic E-state index is 11.8. The molecule has 0 radical (unpaired) electrons. The minimum Gasteiger partial charge on any atom is -0.507 e. The van der Waals surface area contributed by atoms with Crippen molar-refractivity contribution >= 4 is 33.4 Å². The Hall–Kier alpha value is -0.740. The summed E-state index contributed by atoms with van der Waals surface area (Å²) in [6, 6.07) is 4.82. The number of amides is 1. The smallest absolute Gasteiger partial charge is 0.255 e. The van der Waals surface area contributed by atoms with E-state index in [2.05, 4.69) is 28.2 Å². The first-order valence-electron chi connectivity index (χ1n) is 5.87. The van der Waals surface area contributed by atoms with E-state index in [4.69, 9.17) is 11.6 Å². The summed E-state index contributed by atoms with van der Waals surface area (Å²) in [6.45, 7) is 2.67. The first kappa shape index (κ1) is 15.3. The Morgan fingerprint density at radius 2 is 2.28 bits per heavy atom. The molecule has 0 bridgehead atoms. The standard InChI is InChI=1S/C13H17BrClNO2/c1-9(8-15)3-2-6-16-13(18)11-5-4-10(14)7-12(11)17/h4-5,7,9,17H,2-3,6,8H2,1H3,(H,16,18). The van der Waals surface area contributed by atoms with Gasteiger partial charge in [0.1, 0.15) is 5.75 Å². The Morgan fingerprint density at radius 1 is 1.56 bits per heavy atom. The normalized spacial score (nSPS) is 12.2. The molecule has 0 aromatic heterocycles. The van der Waals surface area contributed by atoms with E-state index in [1.807, 2.05) is 0 Å². The largest absolute Gasteiger partial charge is 0.507 e. The van der Waals surface area contributed by atoms with Gasteiger partial charge in [0, 0.05) is 16.9 Å². The highest BCUT2D eigenvalue weighted by Crippen LogP contribution is 2.22. The van der Waals surface area contributed by atoms with Crippen LogP contribution in [-0.2, 0) is 0 Å². The predicted molar refractivity (Wildman–Crippen MR) is 77.3 cm³/mol. The fourth-order valence-electron chi connectivity index (χ4n) is 1.52. The molecule has 1 unspecified atom stereocenters. The molecule has 100 valence electrons. The van der Waals surface area contributed by atoms with E-state index in [1.54, 1.807) is 12.1 Å². The molecular weight excluding hydrogens is 318 g/mol. The van der Waals surface area contributed by atoms with Crippen molar-refractivity contribution in [2.45, 2.75) is 19.8 Å². The van der Waals surface area contributed by atoms with Gasteiger partial charge in [-0.05, 0) is 37.0 Å². The van der Waals surface area contributed by atoms with Gasteiger partial charge in [-0.2, -0.15) is 0 Å². The molecule has 0 aliphatic heterocycles. The van der Waals surface area contributed by atoms with Crippen molar-refractivity contribution in [3.8, 4) is 5.75 Å². The zero-order chi connectivity index (χ0) is 13.5. The summed E-state index contributed by atoms with van der Waals surface area (Å²) in [7, 11) is 0. The van der Waals surface area contributed by atoms with Crippen LogP contribution in [0.2, 0.25) is 0 Å². The monoisotopic (exact) mass is 333 g/mol. The zero-order valence-corrected chi connectivity index (χ0v) is 12.6. The number of hydrogen-bond acceptors (Lipinski definition) is 2. The summed E-state index contributed by atoms with van der Waals surface area (Å²) >= 11 is 8.93. The van der Waals surface area contributed by atoms with Gasteiger partial charge < -0.3 is 10.4 Å². The van der Waals surface area contributed by atoms with Crippen molar-refractivity contribution in [1.82, 2.24) is 5.32 Å². The second-order valence-corrected chi connectivity index (χ2v) is 5.54. The molecule has 1 amide bonds. The topological polar surface area (TPSA) is 49.3 Å². The summed E-state index contributed by atoms with van der Waals surface area (Å²) in [5.41, 5.74) is 0.295. The summed E-state index contributed by atoms with van der Waals surface area (Å²) in [6.07, 6.45) is 1.87. The average molecular weight is 335 g/mol. The number of hydrogen-bond donors (Lipinski definition) is 2. The highest BCUT2D eigenvalue weighted by Gasteiger charge is 2.10. The van der Waals surface area contributed by atoms with E-state index < -0.39 is 0 Å². The van der Waals surface area contributed by atoms with Crippen molar-refractivity contribution < 1.29 is 9.90 Å². The number of carbonyl (C=O) groups is 1. The van der Waals surface area contributed by atoms with Crippen molar-refractivity contribution in [3.05, 3.63) is 28.2 Å². The van der Waals surface area contributed by atoms with Crippen LogP contribution in [0.15, 0.2) is 22.7 Å². The van der Waals surface area contributed by atoms with Gasteiger partial charge in [0.15, 0.2) is 0 Å². The molecule has 18 heavy (non-hydrogen) atoms. The molecule has 0 aliphatic rings. The highest BCUT2D eigenvalue weighted by molar-refractivity contribution is 9.10. The molecule has 0 spiro atoms. The quantitative estimate of drug-likeness (QED) is 0.617. The fraction of sp³-hybridized carbons (Fsp3) is 0.462. The third-order valence-corrected chi connectivity index (χ3v) is 3.65. The number of phenols is 1. The summed E-state index contributed by atoms with van der Waals surface area (Å²) in [5.74, 6) is 0.834. The second-order valence-electron chi connectivity index (χ2n) is 4.32. The van der Waals surface area contributed by atoms with E-state index in [0.29, 0.717) is 23.9 Å². The van der Waals surface area contributed by atoms with Gasteiger partial charge in [0.25, 0.3) is 5.91 Å². The molecule has 0 saturated heterocycles. The van der Waals surface area contributed by atoms with Crippen LogP contribution in [0.3, 0.4) is 0 Å². The lowest BCUT2D eigenvalue weighted by molar-refractivity contribution is 0.0950. The molecular formula is C13H17BrClNO2. The van der Waals surface area contributed by atoms with E-state index in [0.717, 1.165) is 17.3 Å². The lowest BCUT2D eigenvalue weighted by Gasteiger charge is -2.09. The molecule has 1 rings (SSSR count). The van der Waals surface area contributed by atoms with Crippen LogP contribution < -0.4 is 5.32 Å². The summed E-state index contributed by atoms with van der Waals surface area (Å²) in [4.78, 5) is 11.8. The molecule has 0 fully saturated rings. The maximum absolute atomic E-state index is 11.8. The summed E-state index contributed by atoms with van der Waals surface area (Å²) in [5, 5.41) is 12.4. The Labute approximate surface area is 121 Å². The molecule has 0 saturated carbocycles. The van der Waals surface area contributed by atoms with Gasteiger partial charge in [-0.25, -0.2) is 0 Å². The van der Waals surface area contributed by atoms with Crippen molar-refractivity contribution in [2.24, 2.45) is 5.92 Å². The Kier molecular flexibility index (Phi) is 6.50. The average Bonchev–Trinajstić information content (AvgIpc) is 2.34. The number of nitrogens with one attached hydrogen (secondary N) is 1. The van der Waals surface area contributed by atoms with Gasteiger partial charge in [-0.15, -0.1) is 11.6 Å². The number of phenolic OH excluding ortho intramolecular Hbond substituents is 1. The van der Waals surface area contributed by atoms with Crippen LogP contribution in [0.4, 0.5) is 0 Å². The third-order valence-electron chi connectivity index (χ3n) is 2.63. The van der Waals surface area contributed by atoms with Crippen LogP contribution in [-0.4, -0.2) is 23.4 Å². The molecule has 0 heterocycles. The van der Waals surface area contributed by atoms with Gasteiger partial charge in [-0.3, -0.25) is 4.79 Å². The molecule has 1 aromatic rings. The van der Waals surface area contributed by atoms with Crippen molar-refractivity contribution in [2.75, 3.05) is 12.4 Å².